The van der Waals surface area contributed by atoms with Crippen molar-refractivity contribution in [1.29, 1.82) is 0 Å². The first-order chi connectivity index (χ1) is 9.70. The summed E-state index contributed by atoms with van der Waals surface area (Å²) in [5, 5.41) is 13.0. The Morgan fingerprint density at radius 1 is 1.25 bits per heavy atom. The molecule has 0 amide bonds. The molecule has 0 bridgehead atoms. The minimum absolute atomic E-state index is 0.220. The Kier molecular flexibility index (Phi) is 5.64. The standard InChI is InChI=1S/C15H19FN2OS/c1-11-15(12-3-5-13(16)6-4-12)18-14(20-11)7-9-17-8-2-10-19/h3-6,17,19H,2,7-10H2,1H3. The van der Waals surface area contributed by atoms with E-state index in [2.05, 4.69) is 10.3 Å². The van der Waals surface area contributed by atoms with E-state index in [1.54, 1.807) is 23.5 Å². The maximum Gasteiger partial charge on any atom is 0.123 e. The molecule has 108 valence electrons. The molecule has 2 aromatic rings. The zero-order valence-electron chi connectivity index (χ0n) is 11.5. The Balaban J connectivity index is 1.97. The molecule has 2 rings (SSSR count). The minimum Gasteiger partial charge on any atom is -0.396 e. The Labute approximate surface area is 122 Å². The van der Waals surface area contributed by atoms with Crippen LogP contribution in [0.15, 0.2) is 24.3 Å². The van der Waals surface area contributed by atoms with Crippen LogP contribution in [0.2, 0.25) is 0 Å². The third kappa shape index (κ3) is 4.10. The summed E-state index contributed by atoms with van der Waals surface area (Å²) < 4.78 is 12.9. The van der Waals surface area contributed by atoms with Gasteiger partial charge < -0.3 is 10.4 Å². The van der Waals surface area contributed by atoms with Crippen molar-refractivity contribution in [3.63, 3.8) is 0 Å². The van der Waals surface area contributed by atoms with Gasteiger partial charge in [-0.25, -0.2) is 9.37 Å². The molecular weight excluding hydrogens is 275 g/mol. The number of aryl methyl sites for hydroxylation is 1. The number of rotatable bonds is 7. The molecule has 2 N–H and O–H groups in total. The number of benzene rings is 1. The summed E-state index contributed by atoms with van der Waals surface area (Å²) in [4.78, 5) is 5.79. The van der Waals surface area contributed by atoms with E-state index in [1.165, 1.54) is 12.1 Å². The highest BCUT2D eigenvalue weighted by molar-refractivity contribution is 7.12. The molecule has 1 aromatic carbocycles. The largest absolute Gasteiger partial charge is 0.396 e. The van der Waals surface area contributed by atoms with Crippen LogP contribution in [0.4, 0.5) is 4.39 Å². The van der Waals surface area contributed by atoms with Crippen molar-refractivity contribution >= 4 is 11.3 Å². The van der Waals surface area contributed by atoms with Gasteiger partial charge in [-0.1, -0.05) is 0 Å². The predicted octanol–water partition coefficient (Wildman–Crippen LogP) is 2.77. The number of nitrogens with one attached hydrogen (secondary N) is 1. The topological polar surface area (TPSA) is 45.1 Å². The molecule has 1 aromatic heterocycles. The van der Waals surface area contributed by atoms with Gasteiger partial charge in [-0.05, 0) is 44.2 Å². The number of thiazole rings is 1. The van der Waals surface area contributed by atoms with Crippen LogP contribution in [0.25, 0.3) is 11.3 Å². The average molecular weight is 294 g/mol. The molecule has 3 nitrogen and oxygen atoms in total. The van der Waals surface area contributed by atoms with Gasteiger partial charge in [0.25, 0.3) is 0 Å². The maximum atomic E-state index is 12.9. The summed E-state index contributed by atoms with van der Waals surface area (Å²) in [7, 11) is 0. The average Bonchev–Trinajstić information content (AvgIpc) is 2.81. The Morgan fingerprint density at radius 3 is 2.70 bits per heavy atom. The minimum atomic E-state index is -0.227. The van der Waals surface area contributed by atoms with Gasteiger partial charge in [-0.3, -0.25) is 0 Å². The maximum absolute atomic E-state index is 12.9. The fourth-order valence-corrected chi connectivity index (χ4v) is 2.91. The molecule has 0 saturated heterocycles. The van der Waals surface area contributed by atoms with Crippen LogP contribution >= 0.6 is 11.3 Å². The van der Waals surface area contributed by atoms with Crippen molar-refractivity contribution in [2.24, 2.45) is 0 Å². The number of aromatic nitrogens is 1. The van der Waals surface area contributed by atoms with Crippen molar-refractivity contribution in [3.8, 4) is 11.3 Å². The lowest BCUT2D eigenvalue weighted by Crippen LogP contribution is -2.19. The lowest BCUT2D eigenvalue weighted by molar-refractivity contribution is 0.286. The van der Waals surface area contributed by atoms with Crippen LogP contribution in [0.5, 0.6) is 0 Å². The van der Waals surface area contributed by atoms with E-state index in [-0.39, 0.29) is 12.4 Å². The normalized spacial score (nSPS) is 10.9. The molecule has 0 radical (unpaired) electrons. The highest BCUT2D eigenvalue weighted by Gasteiger charge is 2.09. The fourth-order valence-electron chi connectivity index (χ4n) is 1.96. The molecule has 0 aliphatic rings. The Morgan fingerprint density at radius 2 is 2.00 bits per heavy atom. The first kappa shape index (κ1) is 15.1. The molecular formula is C15H19FN2OS. The van der Waals surface area contributed by atoms with Crippen LogP contribution in [0.1, 0.15) is 16.3 Å². The van der Waals surface area contributed by atoms with Gasteiger partial charge in [0, 0.05) is 30.0 Å². The summed E-state index contributed by atoms with van der Waals surface area (Å²) in [5.74, 6) is -0.227. The molecule has 0 aliphatic heterocycles. The molecule has 1 heterocycles. The zero-order valence-corrected chi connectivity index (χ0v) is 12.3. The van der Waals surface area contributed by atoms with E-state index in [4.69, 9.17) is 5.11 Å². The molecule has 0 unspecified atom stereocenters. The van der Waals surface area contributed by atoms with Gasteiger partial charge in [0.2, 0.25) is 0 Å². The zero-order chi connectivity index (χ0) is 14.4. The summed E-state index contributed by atoms with van der Waals surface area (Å²) in [6, 6.07) is 6.45. The van der Waals surface area contributed by atoms with Crippen LogP contribution in [0.3, 0.4) is 0 Å². The molecule has 0 spiro atoms. The van der Waals surface area contributed by atoms with E-state index in [0.29, 0.717) is 0 Å². The molecule has 0 aliphatic carbocycles. The second-order valence-corrected chi connectivity index (χ2v) is 5.88. The van der Waals surface area contributed by atoms with Gasteiger partial charge in [-0.15, -0.1) is 11.3 Å². The summed E-state index contributed by atoms with van der Waals surface area (Å²) in [6.45, 7) is 3.94. The van der Waals surface area contributed by atoms with E-state index in [9.17, 15) is 4.39 Å². The SMILES string of the molecule is Cc1sc(CCNCCCO)nc1-c1ccc(F)cc1. The summed E-state index contributed by atoms with van der Waals surface area (Å²) in [5.41, 5.74) is 1.90. The number of nitrogens with zero attached hydrogens (tertiary/aromatic N) is 1. The van der Waals surface area contributed by atoms with E-state index < -0.39 is 0 Å². The lowest BCUT2D eigenvalue weighted by Gasteiger charge is -2.00. The van der Waals surface area contributed by atoms with Crippen LogP contribution in [0, 0.1) is 12.7 Å². The first-order valence-corrected chi connectivity index (χ1v) is 7.56. The third-order valence-corrected chi connectivity index (χ3v) is 4.02. The fraction of sp³-hybridized carbons (Fsp3) is 0.400. The van der Waals surface area contributed by atoms with Crippen molar-refractivity contribution < 1.29 is 9.50 Å². The smallest absolute Gasteiger partial charge is 0.123 e. The number of aliphatic hydroxyl groups is 1. The van der Waals surface area contributed by atoms with E-state index in [1.807, 2.05) is 6.92 Å². The molecule has 0 atom stereocenters. The second-order valence-electron chi connectivity index (χ2n) is 4.60. The summed E-state index contributed by atoms with van der Waals surface area (Å²) in [6.07, 6.45) is 1.65. The third-order valence-electron chi connectivity index (χ3n) is 2.99. The molecule has 5 heteroatoms. The highest BCUT2D eigenvalue weighted by atomic mass is 32.1. The summed E-state index contributed by atoms with van der Waals surface area (Å²) >= 11 is 1.68. The lowest BCUT2D eigenvalue weighted by atomic mass is 10.1. The quantitative estimate of drug-likeness (QED) is 0.772. The van der Waals surface area contributed by atoms with Gasteiger partial charge in [0.1, 0.15) is 5.82 Å². The van der Waals surface area contributed by atoms with Gasteiger partial charge in [-0.2, -0.15) is 0 Å². The van der Waals surface area contributed by atoms with E-state index in [0.717, 1.165) is 47.1 Å². The van der Waals surface area contributed by atoms with Gasteiger partial charge in [0.05, 0.1) is 10.7 Å². The number of halogens is 1. The predicted molar refractivity (Wildman–Crippen MR) is 80.5 cm³/mol. The van der Waals surface area contributed by atoms with Crippen LogP contribution in [-0.2, 0) is 6.42 Å². The Hall–Kier alpha value is -1.30. The number of hydrogen-bond donors (Lipinski definition) is 2. The molecule has 20 heavy (non-hydrogen) atoms. The van der Waals surface area contributed by atoms with Gasteiger partial charge in [0.15, 0.2) is 0 Å². The first-order valence-electron chi connectivity index (χ1n) is 6.74. The number of hydrogen-bond acceptors (Lipinski definition) is 4. The second kappa shape index (κ2) is 7.47. The molecule has 0 saturated carbocycles. The highest BCUT2D eigenvalue weighted by Crippen LogP contribution is 2.27. The Bertz CT molecular complexity index is 539. The van der Waals surface area contributed by atoms with E-state index >= 15 is 0 Å². The number of aliphatic hydroxyl groups excluding tert-OH is 1. The van der Waals surface area contributed by atoms with Crippen LogP contribution < -0.4 is 5.32 Å². The molecule has 0 fully saturated rings. The van der Waals surface area contributed by atoms with Crippen molar-refractivity contribution in [3.05, 3.63) is 40.0 Å². The van der Waals surface area contributed by atoms with Crippen molar-refractivity contribution in [2.45, 2.75) is 19.8 Å². The monoisotopic (exact) mass is 294 g/mol. The van der Waals surface area contributed by atoms with Crippen molar-refractivity contribution in [1.82, 2.24) is 10.3 Å². The van der Waals surface area contributed by atoms with Crippen molar-refractivity contribution in [2.75, 3.05) is 19.7 Å². The van der Waals surface area contributed by atoms with Crippen LogP contribution in [-0.4, -0.2) is 29.8 Å². The van der Waals surface area contributed by atoms with Gasteiger partial charge >= 0.3 is 0 Å².